The Morgan fingerprint density at radius 1 is 1.13 bits per heavy atom. The molecule has 0 aromatic heterocycles. The molecule has 0 aliphatic carbocycles. The van der Waals surface area contributed by atoms with Crippen molar-refractivity contribution in [2.45, 2.75) is 26.7 Å². The van der Waals surface area contributed by atoms with E-state index in [1.54, 1.807) is 6.92 Å². The quantitative estimate of drug-likeness (QED) is 0.590. The van der Waals surface area contributed by atoms with Gasteiger partial charge in [-0.1, -0.05) is 13.8 Å². The first kappa shape index (κ1) is 15.2. The van der Waals surface area contributed by atoms with Gasteiger partial charge in [-0.2, -0.15) is 0 Å². The van der Waals surface area contributed by atoms with Crippen molar-refractivity contribution in [1.82, 2.24) is 4.90 Å². The zero-order valence-corrected chi connectivity index (χ0v) is 11.3. The number of alkyl halides is 1. The molecule has 0 atom stereocenters. The van der Waals surface area contributed by atoms with E-state index in [-0.39, 0.29) is 5.75 Å². The minimum Gasteiger partial charge on any atom is -0.304 e. The highest BCUT2D eigenvalue weighted by molar-refractivity contribution is 7.91. The summed E-state index contributed by atoms with van der Waals surface area (Å²) in [5.41, 5.74) is 0. The summed E-state index contributed by atoms with van der Waals surface area (Å²) >= 11 is 5.61. The molecule has 0 N–H and O–H groups in total. The summed E-state index contributed by atoms with van der Waals surface area (Å²) in [5, 5.41) is 0. The Morgan fingerprint density at radius 2 is 1.73 bits per heavy atom. The maximum Gasteiger partial charge on any atom is 0.150 e. The average Bonchev–Trinajstić information content (AvgIpc) is 2.23. The first-order chi connectivity index (χ1) is 7.05. The second kappa shape index (κ2) is 8.36. The molecule has 0 radical (unpaired) electrons. The Kier molecular flexibility index (Phi) is 8.47. The van der Waals surface area contributed by atoms with Crippen molar-refractivity contribution in [3.8, 4) is 0 Å². The summed E-state index contributed by atoms with van der Waals surface area (Å²) in [6.07, 6.45) is 1.70. The third-order valence-corrected chi connectivity index (χ3v) is 4.48. The smallest absolute Gasteiger partial charge is 0.150 e. The van der Waals surface area contributed by atoms with Crippen molar-refractivity contribution in [2.75, 3.05) is 37.0 Å². The number of halogens is 1. The van der Waals surface area contributed by atoms with E-state index in [4.69, 9.17) is 11.6 Å². The average molecular weight is 256 g/mol. The topological polar surface area (TPSA) is 37.4 Å². The predicted molar refractivity (Wildman–Crippen MR) is 66.4 cm³/mol. The SMILES string of the molecule is CCN(CCCCl)CCCS(=O)(=O)CC. The van der Waals surface area contributed by atoms with Gasteiger partial charge in [0.1, 0.15) is 9.84 Å². The van der Waals surface area contributed by atoms with Crippen molar-refractivity contribution < 1.29 is 8.42 Å². The molecule has 15 heavy (non-hydrogen) atoms. The molecular formula is C10H22ClNO2S. The zero-order chi connectivity index (χ0) is 11.7. The van der Waals surface area contributed by atoms with Crippen LogP contribution in [0.3, 0.4) is 0 Å². The lowest BCUT2D eigenvalue weighted by Crippen LogP contribution is -2.27. The van der Waals surface area contributed by atoms with E-state index in [9.17, 15) is 8.42 Å². The van der Waals surface area contributed by atoms with Gasteiger partial charge in [0.05, 0.1) is 5.75 Å². The van der Waals surface area contributed by atoms with Crippen LogP contribution in [0.5, 0.6) is 0 Å². The van der Waals surface area contributed by atoms with Crippen LogP contribution in [-0.4, -0.2) is 50.3 Å². The van der Waals surface area contributed by atoms with Gasteiger partial charge in [-0.05, 0) is 32.5 Å². The second-order valence-corrected chi connectivity index (χ2v) is 6.42. The summed E-state index contributed by atoms with van der Waals surface area (Å²) in [5.74, 6) is 1.23. The van der Waals surface area contributed by atoms with Crippen LogP contribution in [0.25, 0.3) is 0 Å². The fraction of sp³-hybridized carbons (Fsp3) is 1.00. The van der Waals surface area contributed by atoms with E-state index >= 15 is 0 Å². The molecule has 0 spiro atoms. The van der Waals surface area contributed by atoms with Crippen LogP contribution in [0.15, 0.2) is 0 Å². The Bertz CT molecular complexity index is 242. The van der Waals surface area contributed by atoms with Crippen molar-refractivity contribution in [3.05, 3.63) is 0 Å². The number of rotatable bonds is 9. The van der Waals surface area contributed by atoms with E-state index in [1.807, 2.05) is 0 Å². The highest BCUT2D eigenvalue weighted by Crippen LogP contribution is 1.99. The van der Waals surface area contributed by atoms with Gasteiger partial charge in [-0.3, -0.25) is 0 Å². The van der Waals surface area contributed by atoms with Crippen LogP contribution in [-0.2, 0) is 9.84 Å². The van der Waals surface area contributed by atoms with Crippen molar-refractivity contribution in [3.63, 3.8) is 0 Å². The maximum absolute atomic E-state index is 11.2. The Hall–Kier alpha value is 0.200. The molecule has 0 rings (SSSR count). The molecule has 92 valence electrons. The summed E-state index contributed by atoms with van der Waals surface area (Å²) in [6.45, 7) is 6.56. The number of hydrogen-bond donors (Lipinski definition) is 0. The molecule has 0 saturated heterocycles. The standard InChI is InChI=1S/C10H22ClNO2S/c1-3-12(8-5-7-11)9-6-10-15(13,14)4-2/h3-10H2,1-2H3. The van der Waals surface area contributed by atoms with Crippen LogP contribution in [0.2, 0.25) is 0 Å². The molecule has 0 amide bonds. The molecule has 3 nitrogen and oxygen atoms in total. The third kappa shape index (κ3) is 8.05. The normalized spacial score (nSPS) is 12.3. The van der Waals surface area contributed by atoms with Gasteiger partial charge < -0.3 is 4.90 Å². The minimum absolute atomic E-state index is 0.251. The lowest BCUT2D eigenvalue weighted by atomic mass is 10.3. The first-order valence-electron chi connectivity index (χ1n) is 5.54. The van der Waals surface area contributed by atoms with Crippen LogP contribution in [0.4, 0.5) is 0 Å². The molecule has 5 heteroatoms. The molecule has 0 fully saturated rings. The van der Waals surface area contributed by atoms with Crippen LogP contribution >= 0.6 is 11.6 Å². The highest BCUT2D eigenvalue weighted by atomic mass is 35.5. The van der Waals surface area contributed by atoms with Crippen LogP contribution in [0.1, 0.15) is 26.7 Å². The van der Waals surface area contributed by atoms with Gasteiger partial charge in [0, 0.05) is 11.6 Å². The zero-order valence-electron chi connectivity index (χ0n) is 9.71. The first-order valence-corrected chi connectivity index (χ1v) is 7.90. The summed E-state index contributed by atoms with van der Waals surface area (Å²) in [7, 11) is -2.80. The van der Waals surface area contributed by atoms with Gasteiger partial charge in [0.25, 0.3) is 0 Å². The van der Waals surface area contributed by atoms with Gasteiger partial charge in [-0.15, -0.1) is 11.6 Å². The molecule has 0 heterocycles. The second-order valence-electron chi connectivity index (χ2n) is 3.57. The van der Waals surface area contributed by atoms with Gasteiger partial charge >= 0.3 is 0 Å². The molecule has 0 aromatic carbocycles. The maximum atomic E-state index is 11.2. The number of nitrogens with zero attached hydrogens (tertiary/aromatic N) is 1. The molecule has 0 saturated carbocycles. The molecule has 0 unspecified atom stereocenters. The van der Waals surface area contributed by atoms with Crippen molar-refractivity contribution in [1.29, 1.82) is 0 Å². The molecular weight excluding hydrogens is 234 g/mol. The van der Waals surface area contributed by atoms with Gasteiger partial charge in [-0.25, -0.2) is 8.42 Å². The van der Waals surface area contributed by atoms with E-state index in [0.717, 1.165) is 32.5 Å². The van der Waals surface area contributed by atoms with E-state index < -0.39 is 9.84 Å². The van der Waals surface area contributed by atoms with Gasteiger partial charge in [0.2, 0.25) is 0 Å². The largest absolute Gasteiger partial charge is 0.304 e. The predicted octanol–water partition coefficient (Wildman–Crippen LogP) is 1.76. The summed E-state index contributed by atoms with van der Waals surface area (Å²) in [4.78, 5) is 2.24. The van der Waals surface area contributed by atoms with Crippen LogP contribution in [0, 0.1) is 0 Å². The van der Waals surface area contributed by atoms with Gasteiger partial charge in [0.15, 0.2) is 0 Å². The summed E-state index contributed by atoms with van der Waals surface area (Å²) in [6, 6.07) is 0. The Balaban J connectivity index is 3.72. The highest BCUT2D eigenvalue weighted by Gasteiger charge is 2.08. The Labute approximate surface area is 98.7 Å². The van der Waals surface area contributed by atoms with Crippen molar-refractivity contribution in [2.24, 2.45) is 0 Å². The van der Waals surface area contributed by atoms with E-state index in [1.165, 1.54) is 0 Å². The molecule has 0 aliphatic heterocycles. The fourth-order valence-corrected chi connectivity index (χ4v) is 2.34. The summed E-state index contributed by atoms with van der Waals surface area (Å²) < 4.78 is 22.5. The number of sulfone groups is 1. The fourth-order valence-electron chi connectivity index (χ4n) is 1.36. The molecule has 0 bridgehead atoms. The Morgan fingerprint density at radius 3 is 2.20 bits per heavy atom. The number of hydrogen-bond acceptors (Lipinski definition) is 3. The lowest BCUT2D eigenvalue weighted by molar-refractivity contribution is 0.290. The van der Waals surface area contributed by atoms with Crippen molar-refractivity contribution >= 4 is 21.4 Å². The molecule has 0 aromatic rings. The third-order valence-electron chi connectivity index (χ3n) is 2.42. The minimum atomic E-state index is -2.80. The molecule has 0 aliphatic rings. The monoisotopic (exact) mass is 255 g/mol. The van der Waals surface area contributed by atoms with E-state index in [0.29, 0.717) is 11.6 Å². The van der Waals surface area contributed by atoms with E-state index in [2.05, 4.69) is 11.8 Å². The van der Waals surface area contributed by atoms with Crippen LogP contribution < -0.4 is 0 Å². The lowest BCUT2D eigenvalue weighted by Gasteiger charge is -2.19.